The third-order valence-electron chi connectivity index (χ3n) is 3.87. The van der Waals surface area contributed by atoms with Gasteiger partial charge in [0.05, 0.1) is 11.6 Å². The standard InChI is InChI=1S/C18H17F2NO4/c1-2-13(11-6-3-4-8-14(11)25-18(19)20)21-17(22)12-7-5-9-15-16(12)24-10-23-15/h3-9,13,18H,2,10H2,1H3,(H,21,22). The molecule has 0 radical (unpaired) electrons. The van der Waals surface area contributed by atoms with Crippen molar-refractivity contribution in [2.75, 3.05) is 6.79 Å². The lowest BCUT2D eigenvalue weighted by Gasteiger charge is -2.21. The maximum absolute atomic E-state index is 12.6. The van der Waals surface area contributed by atoms with Crippen LogP contribution in [0.15, 0.2) is 42.5 Å². The van der Waals surface area contributed by atoms with Crippen molar-refractivity contribution in [1.82, 2.24) is 5.32 Å². The van der Waals surface area contributed by atoms with Crippen molar-refractivity contribution in [3.05, 3.63) is 53.6 Å². The molecule has 1 atom stereocenters. The van der Waals surface area contributed by atoms with Gasteiger partial charge in [-0.2, -0.15) is 8.78 Å². The summed E-state index contributed by atoms with van der Waals surface area (Å²) in [5.74, 6) is 0.553. The Morgan fingerprint density at radius 2 is 2.00 bits per heavy atom. The van der Waals surface area contributed by atoms with Crippen LogP contribution in [0.5, 0.6) is 17.2 Å². The van der Waals surface area contributed by atoms with Crippen LogP contribution in [0.25, 0.3) is 0 Å². The predicted octanol–water partition coefficient (Wildman–Crippen LogP) is 3.90. The van der Waals surface area contributed by atoms with E-state index in [1.165, 1.54) is 6.07 Å². The number of amides is 1. The molecule has 0 aromatic heterocycles. The first-order chi connectivity index (χ1) is 12.1. The van der Waals surface area contributed by atoms with Crippen molar-refractivity contribution in [2.24, 2.45) is 0 Å². The highest BCUT2D eigenvalue weighted by Crippen LogP contribution is 2.36. The van der Waals surface area contributed by atoms with E-state index in [2.05, 4.69) is 10.1 Å². The molecule has 1 amide bonds. The smallest absolute Gasteiger partial charge is 0.387 e. The number of halogens is 2. The topological polar surface area (TPSA) is 56.8 Å². The van der Waals surface area contributed by atoms with E-state index >= 15 is 0 Å². The van der Waals surface area contributed by atoms with E-state index in [1.54, 1.807) is 36.4 Å². The van der Waals surface area contributed by atoms with Gasteiger partial charge in [0.15, 0.2) is 11.5 Å². The minimum atomic E-state index is -2.93. The Hall–Kier alpha value is -2.83. The van der Waals surface area contributed by atoms with Gasteiger partial charge in [0.25, 0.3) is 5.91 Å². The number of nitrogens with one attached hydrogen (secondary N) is 1. The number of carbonyl (C=O) groups excluding carboxylic acids is 1. The Balaban J connectivity index is 1.84. The molecule has 1 heterocycles. The van der Waals surface area contributed by atoms with Crippen LogP contribution in [0.2, 0.25) is 0 Å². The summed E-state index contributed by atoms with van der Waals surface area (Å²) in [4.78, 5) is 12.6. The minimum absolute atomic E-state index is 0.0440. The van der Waals surface area contributed by atoms with E-state index in [0.717, 1.165) is 0 Å². The number of fused-ring (bicyclic) bond motifs is 1. The molecule has 7 heteroatoms. The number of alkyl halides is 2. The lowest BCUT2D eigenvalue weighted by molar-refractivity contribution is -0.0506. The summed E-state index contributed by atoms with van der Waals surface area (Å²) in [6, 6.07) is 11.0. The van der Waals surface area contributed by atoms with E-state index in [0.29, 0.717) is 29.0 Å². The van der Waals surface area contributed by atoms with Crippen molar-refractivity contribution in [2.45, 2.75) is 26.0 Å². The average Bonchev–Trinajstić information content (AvgIpc) is 3.08. The fourth-order valence-corrected chi connectivity index (χ4v) is 2.72. The molecule has 0 bridgehead atoms. The summed E-state index contributed by atoms with van der Waals surface area (Å²) < 4.78 is 40.4. The molecule has 3 rings (SSSR count). The molecule has 1 aliphatic rings. The van der Waals surface area contributed by atoms with Gasteiger partial charge in [-0.05, 0) is 24.6 Å². The second-order valence-electron chi connectivity index (χ2n) is 5.39. The number of benzene rings is 2. The third-order valence-corrected chi connectivity index (χ3v) is 3.87. The van der Waals surface area contributed by atoms with Gasteiger partial charge in [0.1, 0.15) is 5.75 Å². The molecule has 132 valence electrons. The van der Waals surface area contributed by atoms with Crippen LogP contribution in [0, 0.1) is 0 Å². The maximum atomic E-state index is 12.6. The molecule has 5 nitrogen and oxygen atoms in total. The summed E-state index contributed by atoms with van der Waals surface area (Å²) in [5.41, 5.74) is 0.823. The summed E-state index contributed by atoms with van der Waals surface area (Å²) >= 11 is 0. The summed E-state index contributed by atoms with van der Waals surface area (Å²) in [5, 5.41) is 2.84. The zero-order valence-corrected chi connectivity index (χ0v) is 13.5. The van der Waals surface area contributed by atoms with Crippen molar-refractivity contribution in [3.63, 3.8) is 0 Å². The van der Waals surface area contributed by atoms with Crippen LogP contribution in [0.1, 0.15) is 35.3 Å². The van der Waals surface area contributed by atoms with Crippen molar-refractivity contribution in [3.8, 4) is 17.2 Å². The lowest BCUT2D eigenvalue weighted by Crippen LogP contribution is -2.29. The molecule has 1 aliphatic heterocycles. The zero-order chi connectivity index (χ0) is 17.8. The number of rotatable bonds is 6. The van der Waals surface area contributed by atoms with Gasteiger partial charge < -0.3 is 19.5 Å². The molecule has 0 aliphatic carbocycles. The lowest BCUT2D eigenvalue weighted by atomic mass is 10.0. The number of ether oxygens (including phenoxy) is 3. The zero-order valence-electron chi connectivity index (χ0n) is 13.5. The van der Waals surface area contributed by atoms with Gasteiger partial charge in [-0.25, -0.2) is 0 Å². The molecule has 2 aromatic rings. The second kappa shape index (κ2) is 7.38. The van der Waals surface area contributed by atoms with Crippen molar-refractivity contribution >= 4 is 5.91 Å². The van der Waals surface area contributed by atoms with E-state index < -0.39 is 12.7 Å². The molecule has 0 saturated carbocycles. The Bertz CT molecular complexity index is 766. The first-order valence-corrected chi connectivity index (χ1v) is 7.83. The molecule has 1 unspecified atom stereocenters. The highest BCUT2D eigenvalue weighted by Gasteiger charge is 2.25. The van der Waals surface area contributed by atoms with Gasteiger partial charge in [-0.1, -0.05) is 31.2 Å². The Morgan fingerprint density at radius 1 is 1.20 bits per heavy atom. The number of carbonyl (C=O) groups is 1. The maximum Gasteiger partial charge on any atom is 0.387 e. The van der Waals surface area contributed by atoms with E-state index in [9.17, 15) is 13.6 Å². The molecule has 0 spiro atoms. The monoisotopic (exact) mass is 349 g/mol. The van der Waals surface area contributed by atoms with Gasteiger partial charge >= 0.3 is 6.61 Å². The number of hydrogen-bond acceptors (Lipinski definition) is 4. The molecule has 0 fully saturated rings. The number of para-hydroxylation sites is 2. The van der Waals surface area contributed by atoms with Crippen molar-refractivity contribution < 1.29 is 27.8 Å². The SMILES string of the molecule is CCC(NC(=O)c1cccc2c1OCO2)c1ccccc1OC(F)F. The normalized spacial score (nSPS) is 13.6. The molecule has 0 saturated heterocycles. The average molecular weight is 349 g/mol. The molecular weight excluding hydrogens is 332 g/mol. The van der Waals surface area contributed by atoms with Crippen LogP contribution < -0.4 is 19.5 Å². The highest BCUT2D eigenvalue weighted by atomic mass is 19.3. The van der Waals surface area contributed by atoms with Gasteiger partial charge in [-0.3, -0.25) is 4.79 Å². The van der Waals surface area contributed by atoms with Crippen LogP contribution in [0.3, 0.4) is 0 Å². The highest BCUT2D eigenvalue weighted by molar-refractivity contribution is 5.98. The number of hydrogen-bond donors (Lipinski definition) is 1. The first kappa shape index (κ1) is 17.0. The van der Waals surface area contributed by atoms with E-state index in [1.807, 2.05) is 6.92 Å². The quantitative estimate of drug-likeness (QED) is 0.859. The van der Waals surface area contributed by atoms with E-state index in [4.69, 9.17) is 9.47 Å². The van der Waals surface area contributed by atoms with E-state index in [-0.39, 0.29) is 18.4 Å². The molecular formula is C18H17F2NO4. The second-order valence-corrected chi connectivity index (χ2v) is 5.39. The fraction of sp³-hybridized carbons (Fsp3) is 0.278. The summed E-state index contributed by atoms with van der Waals surface area (Å²) in [6.07, 6.45) is 0.502. The molecule has 25 heavy (non-hydrogen) atoms. The first-order valence-electron chi connectivity index (χ1n) is 7.83. The van der Waals surface area contributed by atoms with Gasteiger partial charge in [0, 0.05) is 5.56 Å². The van der Waals surface area contributed by atoms with Gasteiger partial charge in [-0.15, -0.1) is 0 Å². The largest absolute Gasteiger partial charge is 0.454 e. The van der Waals surface area contributed by atoms with Crippen molar-refractivity contribution in [1.29, 1.82) is 0 Å². The summed E-state index contributed by atoms with van der Waals surface area (Å²) in [7, 11) is 0. The third kappa shape index (κ3) is 3.65. The van der Waals surface area contributed by atoms with Crippen LogP contribution >= 0.6 is 0 Å². The minimum Gasteiger partial charge on any atom is -0.454 e. The molecule has 1 N–H and O–H groups in total. The Kier molecular flexibility index (Phi) is 5.02. The van der Waals surface area contributed by atoms with Crippen LogP contribution in [0.4, 0.5) is 8.78 Å². The Labute approximate surface area is 143 Å². The summed E-state index contributed by atoms with van der Waals surface area (Å²) in [6.45, 7) is -1.03. The van der Waals surface area contributed by atoms with Gasteiger partial charge in [0.2, 0.25) is 6.79 Å². The molecule has 2 aromatic carbocycles. The predicted molar refractivity (Wildman–Crippen MR) is 86.1 cm³/mol. The van der Waals surface area contributed by atoms with Crippen LogP contribution in [-0.4, -0.2) is 19.3 Å². The fourth-order valence-electron chi connectivity index (χ4n) is 2.72. The Morgan fingerprint density at radius 3 is 2.76 bits per heavy atom. The van der Waals surface area contributed by atoms with Crippen LogP contribution in [-0.2, 0) is 0 Å².